The molecule has 0 aliphatic carbocycles. The van der Waals surface area contributed by atoms with Crippen LogP contribution in [0, 0.1) is 13.8 Å². The van der Waals surface area contributed by atoms with E-state index < -0.39 is 10.0 Å². The standard InChI is InChI=1S/C15H26N2O3S/c1-5-14(6-2)17(7-8-18)21(19,20)15-11(3)9-13(16)10-12(15)4/h9-10,14,18H,5-8,16H2,1-4H3. The molecule has 1 aromatic carbocycles. The van der Waals surface area contributed by atoms with Crippen LogP contribution in [-0.4, -0.2) is 37.0 Å². The maximum absolute atomic E-state index is 13.0. The Bertz CT molecular complexity index is 558. The summed E-state index contributed by atoms with van der Waals surface area (Å²) in [5.74, 6) is 0. The third-order valence-electron chi connectivity index (χ3n) is 3.72. The highest BCUT2D eigenvalue weighted by atomic mass is 32.2. The van der Waals surface area contributed by atoms with Crippen molar-refractivity contribution in [2.45, 2.75) is 51.5 Å². The van der Waals surface area contributed by atoms with Crippen LogP contribution in [0.3, 0.4) is 0 Å². The molecule has 0 spiro atoms. The molecule has 1 rings (SSSR count). The van der Waals surface area contributed by atoms with Crippen molar-refractivity contribution >= 4 is 15.7 Å². The highest BCUT2D eigenvalue weighted by Gasteiger charge is 2.31. The highest BCUT2D eigenvalue weighted by Crippen LogP contribution is 2.28. The molecule has 0 atom stereocenters. The van der Waals surface area contributed by atoms with Crippen molar-refractivity contribution in [3.05, 3.63) is 23.3 Å². The topological polar surface area (TPSA) is 83.6 Å². The van der Waals surface area contributed by atoms with Crippen molar-refractivity contribution < 1.29 is 13.5 Å². The van der Waals surface area contributed by atoms with Crippen molar-refractivity contribution in [3.8, 4) is 0 Å². The van der Waals surface area contributed by atoms with Crippen LogP contribution in [0.1, 0.15) is 37.8 Å². The van der Waals surface area contributed by atoms with Gasteiger partial charge < -0.3 is 10.8 Å². The zero-order chi connectivity index (χ0) is 16.2. The number of nitrogen functional groups attached to an aromatic ring is 1. The molecule has 0 bridgehead atoms. The van der Waals surface area contributed by atoms with Crippen LogP contribution in [-0.2, 0) is 10.0 Å². The van der Waals surface area contributed by atoms with Gasteiger partial charge in [-0.05, 0) is 49.9 Å². The van der Waals surface area contributed by atoms with Gasteiger partial charge in [0.1, 0.15) is 0 Å². The van der Waals surface area contributed by atoms with Crippen LogP contribution in [0.4, 0.5) is 5.69 Å². The summed E-state index contributed by atoms with van der Waals surface area (Å²) in [7, 11) is -3.65. The van der Waals surface area contributed by atoms with E-state index in [2.05, 4.69) is 0 Å². The van der Waals surface area contributed by atoms with Crippen LogP contribution < -0.4 is 5.73 Å². The predicted molar refractivity (Wildman–Crippen MR) is 85.7 cm³/mol. The van der Waals surface area contributed by atoms with E-state index in [1.54, 1.807) is 26.0 Å². The number of nitrogens with two attached hydrogens (primary N) is 1. The number of sulfonamides is 1. The lowest BCUT2D eigenvalue weighted by Crippen LogP contribution is -2.42. The van der Waals surface area contributed by atoms with Crippen molar-refractivity contribution in [1.29, 1.82) is 0 Å². The Hall–Kier alpha value is -1.11. The monoisotopic (exact) mass is 314 g/mol. The van der Waals surface area contributed by atoms with Crippen molar-refractivity contribution in [2.75, 3.05) is 18.9 Å². The number of hydrogen-bond acceptors (Lipinski definition) is 4. The van der Waals surface area contributed by atoms with E-state index in [0.29, 0.717) is 34.6 Å². The highest BCUT2D eigenvalue weighted by molar-refractivity contribution is 7.89. The molecule has 6 heteroatoms. The van der Waals surface area contributed by atoms with Crippen molar-refractivity contribution in [3.63, 3.8) is 0 Å². The molecular formula is C15H26N2O3S. The molecule has 0 aliphatic rings. The average molecular weight is 314 g/mol. The fourth-order valence-corrected chi connectivity index (χ4v) is 4.98. The molecule has 0 aromatic heterocycles. The lowest BCUT2D eigenvalue weighted by atomic mass is 10.1. The molecule has 0 fully saturated rings. The summed E-state index contributed by atoms with van der Waals surface area (Å²) in [6, 6.07) is 3.23. The average Bonchev–Trinajstić information content (AvgIpc) is 2.37. The fourth-order valence-electron chi connectivity index (χ4n) is 2.80. The van der Waals surface area contributed by atoms with Crippen LogP contribution in [0.2, 0.25) is 0 Å². The normalized spacial score (nSPS) is 12.3. The second-order valence-electron chi connectivity index (χ2n) is 5.29. The van der Waals surface area contributed by atoms with Crippen LogP contribution in [0.15, 0.2) is 17.0 Å². The SMILES string of the molecule is CCC(CC)N(CCO)S(=O)(=O)c1c(C)cc(N)cc1C. The van der Waals surface area contributed by atoms with Gasteiger partial charge in [-0.1, -0.05) is 13.8 Å². The van der Waals surface area contributed by atoms with Gasteiger partial charge in [-0.25, -0.2) is 8.42 Å². The molecule has 0 saturated carbocycles. The van der Waals surface area contributed by atoms with Crippen molar-refractivity contribution in [2.24, 2.45) is 0 Å². The van der Waals surface area contributed by atoms with E-state index in [0.717, 1.165) is 0 Å². The Kier molecular flexibility index (Phi) is 6.19. The van der Waals surface area contributed by atoms with Gasteiger partial charge in [-0.3, -0.25) is 0 Å². The Morgan fingerprint density at radius 2 is 1.67 bits per heavy atom. The van der Waals surface area contributed by atoms with Gasteiger partial charge in [0.25, 0.3) is 0 Å². The Labute approximate surface area is 127 Å². The third-order valence-corrected chi connectivity index (χ3v) is 5.98. The van der Waals surface area contributed by atoms with Gasteiger partial charge in [0.2, 0.25) is 10.0 Å². The summed E-state index contributed by atoms with van der Waals surface area (Å²) in [5, 5.41) is 9.24. The minimum Gasteiger partial charge on any atom is -0.399 e. The van der Waals surface area contributed by atoms with Gasteiger partial charge in [0.15, 0.2) is 0 Å². The summed E-state index contributed by atoms with van der Waals surface area (Å²) in [6.45, 7) is 7.33. The minimum absolute atomic E-state index is 0.109. The van der Waals surface area contributed by atoms with Gasteiger partial charge >= 0.3 is 0 Å². The molecule has 120 valence electrons. The first-order chi connectivity index (χ1) is 9.79. The number of rotatable bonds is 7. The molecule has 0 saturated heterocycles. The maximum Gasteiger partial charge on any atom is 0.243 e. The summed E-state index contributed by atoms with van der Waals surface area (Å²) in [5.41, 5.74) is 7.61. The Morgan fingerprint density at radius 1 is 1.19 bits per heavy atom. The molecule has 3 N–H and O–H groups in total. The first kappa shape index (κ1) is 17.9. The lowest BCUT2D eigenvalue weighted by molar-refractivity contribution is 0.219. The summed E-state index contributed by atoms with van der Waals surface area (Å²) < 4.78 is 27.4. The first-order valence-corrected chi connectivity index (χ1v) is 8.72. The molecule has 21 heavy (non-hydrogen) atoms. The molecule has 0 amide bonds. The van der Waals surface area contributed by atoms with Gasteiger partial charge in [0.05, 0.1) is 11.5 Å². The zero-order valence-electron chi connectivity index (χ0n) is 13.3. The van der Waals surface area contributed by atoms with Crippen LogP contribution in [0.5, 0.6) is 0 Å². The van der Waals surface area contributed by atoms with E-state index in [1.165, 1.54) is 4.31 Å². The third kappa shape index (κ3) is 3.75. The summed E-state index contributed by atoms with van der Waals surface area (Å²) in [6.07, 6.45) is 1.42. The second kappa shape index (κ2) is 7.24. The van der Waals surface area contributed by atoms with Crippen LogP contribution in [0.25, 0.3) is 0 Å². The number of aliphatic hydroxyl groups excluding tert-OH is 1. The van der Waals surface area contributed by atoms with Gasteiger partial charge in [0, 0.05) is 18.3 Å². The van der Waals surface area contributed by atoms with Gasteiger partial charge in [-0.15, -0.1) is 0 Å². The molecule has 0 radical (unpaired) electrons. The molecule has 0 aliphatic heterocycles. The number of hydrogen-bond donors (Lipinski definition) is 2. The lowest BCUT2D eigenvalue weighted by Gasteiger charge is -2.30. The zero-order valence-corrected chi connectivity index (χ0v) is 14.1. The van der Waals surface area contributed by atoms with Crippen molar-refractivity contribution in [1.82, 2.24) is 4.31 Å². The van der Waals surface area contributed by atoms with Gasteiger partial charge in [-0.2, -0.15) is 4.31 Å². The quantitative estimate of drug-likeness (QED) is 0.755. The maximum atomic E-state index is 13.0. The predicted octanol–water partition coefficient (Wildman–Crippen LogP) is 2.06. The molecule has 0 unspecified atom stereocenters. The number of nitrogens with zero attached hydrogens (tertiary/aromatic N) is 1. The second-order valence-corrected chi connectivity index (χ2v) is 7.12. The number of benzene rings is 1. The fraction of sp³-hybridized carbons (Fsp3) is 0.600. The molecular weight excluding hydrogens is 288 g/mol. The van der Waals surface area contributed by atoms with E-state index in [1.807, 2.05) is 13.8 Å². The molecule has 0 heterocycles. The largest absolute Gasteiger partial charge is 0.399 e. The smallest absolute Gasteiger partial charge is 0.243 e. The molecule has 1 aromatic rings. The number of anilines is 1. The van der Waals surface area contributed by atoms with E-state index >= 15 is 0 Å². The summed E-state index contributed by atoms with van der Waals surface area (Å²) in [4.78, 5) is 0.303. The van der Waals surface area contributed by atoms with Crippen LogP contribution >= 0.6 is 0 Å². The summed E-state index contributed by atoms with van der Waals surface area (Å²) >= 11 is 0. The molecule has 5 nitrogen and oxygen atoms in total. The Balaban J connectivity index is 3.43. The number of aryl methyl sites for hydroxylation is 2. The Morgan fingerprint density at radius 3 is 2.05 bits per heavy atom. The van der Waals surface area contributed by atoms with E-state index in [-0.39, 0.29) is 19.2 Å². The first-order valence-electron chi connectivity index (χ1n) is 7.28. The minimum atomic E-state index is -3.65. The van der Waals surface area contributed by atoms with E-state index in [9.17, 15) is 13.5 Å². The van der Waals surface area contributed by atoms with E-state index in [4.69, 9.17) is 5.73 Å². The number of aliphatic hydroxyl groups is 1.